The summed E-state index contributed by atoms with van der Waals surface area (Å²) in [6.07, 6.45) is 4.42. The summed E-state index contributed by atoms with van der Waals surface area (Å²) in [5, 5.41) is 0. The van der Waals surface area contributed by atoms with Crippen molar-refractivity contribution in [2.75, 3.05) is 13.2 Å². The Morgan fingerprint density at radius 1 is 1.19 bits per heavy atom. The van der Waals surface area contributed by atoms with Gasteiger partial charge in [-0.25, -0.2) is 0 Å². The molecule has 3 nitrogen and oxygen atoms in total. The first kappa shape index (κ1) is 14.6. The van der Waals surface area contributed by atoms with Gasteiger partial charge in [-0.3, -0.25) is 4.79 Å². The SMILES string of the molecule is CCOC1CC2CC(COC(=O)Cc3ccccc3)C1C2. The zero-order valence-electron chi connectivity index (χ0n) is 12.7. The average molecular weight is 288 g/mol. The standard InChI is InChI=1S/C18H24O3/c1-2-20-17-10-14-8-15(16(17)9-14)12-21-18(19)11-13-6-4-3-5-7-13/h3-7,14-17H,2,8-12H2,1H3. The number of rotatable bonds is 6. The van der Waals surface area contributed by atoms with Crippen LogP contribution in [-0.4, -0.2) is 25.3 Å². The largest absolute Gasteiger partial charge is 0.465 e. The summed E-state index contributed by atoms with van der Waals surface area (Å²) >= 11 is 0. The Balaban J connectivity index is 1.46. The second-order valence-electron chi connectivity index (χ2n) is 6.34. The Kier molecular flexibility index (Phi) is 4.59. The lowest BCUT2D eigenvalue weighted by Gasteiger charge is -2.28. The molecule has 2 fully saturated rings. The van der Waals surface area contributed by atoms with Crippen LogP contribution in [0.25, 0.3) is 0 Å². The summed E-state index contributed by atoms with van der Waals surface area (Å²) in [5.41, 5.74) is 1.02. The van der Waals surface area contributed by atoms with Crippen LogP contribution < -0.4 is 0 Å². The molecule has 4 unspecified atom stereocenters. The third kappa shape index (κ3) is 3.46. The van der Waals surface area contributed by atoms with Crippen LogP contribution >= 0.6 is 0 Å². The maximum atomic E-state index is 11.9. The van der Waals surface area contributed by atoms with E-state index in [-0.39, 0.29) is 5.97 Å². The molecule has 0 amide bonds. The van der Waals surface area contributed by atoms with Crippen molar-refractivity contribution < 1.29 is 14.3 Å². The number of hydrogen-bond donors (Lipinski definition) is 0. The number of carbonyl (C=O) groups is 1. The Morgan fingerprint density at radius 2 is 2.00 bits per heavy atom. The lowest BCUT2D eigenvalue weighted by atomic mass is 9.87. The molecule has 0 saturated heterocycles. The van der Waals surface area contributed by atoms with E-state index < -0.39 is 0 Å². The molecule has 1 aromatic carbocycles. The second kappa shape index (κ2) is 6.61. The lowest BCUT2D eigenvalue weighted by Crippen LogP contribution is -2.30. The smallest absolute Gasteiger partial charge is 0.310 e. The zero-order chi connectivity index (χ0) is 14.7. The second-order valence-corrected chi connectivity index (χ2v) is 6.34. The van der Waals surface area contributed by atoms with Crippen molar-refractivity contribution in [1.82, 2.24) is 0 Å². The maximum Gasteiger partial charge on any atom is 0.310 e. The topological polar surface area (TPSA) is 35.5 Å². The fraction of sp³-hybridized carbons (Fsp3) is 0.611. The van der Waals surface area contributed by atoms with Gasteiger partial charge in [0.05, 0.1) is 19.1 Å². The summed E-state index contributed by atoms with van der Waals surface area (Å²) in [7, 11) is 0. The van der Waals surface area contributed by atoms with Gasteiger partial charge in [0.2, 0.25) is 0 Å². The summed E-state index contributed by atoms with van der Waals surface area (Å²) in [6, 6.07) is 9.78. The van der Waals surface area contributed by atoms with E-state index in [1.807, 2.05) is 30.3 Å². The molecule has 114 valence electrons. The van der Waals surface area contributed by atoms with E-state index >= 15 is 0 Å². The number of fused-ring (bicyclic) bond motifs is 2. The Hall–Kier alpha value is -1.35. The molecule has 0 aliphatic heterocycles. The molecule has 0 N–H and O–H groups in total. The van der Waals surface area contributed by atoms with Crippen molar-refractivity contribution in [3.63, 3.8) is 0 Å². The summed E-state index contributed by atoms with van der Waals surface area (Å²) < 4.78 is 11.3. The van der Waals surface area contributed by atoms with Crippen molar-refractivity contribution in [2.24, 2.45) is 17.8 Å². The van der Waals surface area contributed by atoms with E-state index in [9.17, 15) is 4.79 Å². The van der Waals surface area contributed by atoms with Crippen LogP contribution in [0, 0.1) is 17.8 Å². The molecule has 21 heavy (non-hydrogen) atoms. The first-order valence-corrected chi connectivity index (χ1v) is 8.07. The molecule has 2 bridgehead atoms. The molecule has 0 spiro atoms. The van der Waals surface area contributed by atoms with Crippen molar-refractivity contribution >= 4 is 5.97 Å². The van der Waals surface area contributed by atoms with E-state index in [0.717, 1.165) is 18.1 Å². The van der Waals surface area contributed by atoms with Gasteiger partial charge in [-0.2, -0.15) is 0 Å². The average Bonchev–Trinajstić information content (AvgIpc) is 3.06. The monoisotopic (exact) mass is 288 g/mol. The molecule has 0 radical (unpaired) electrons. The van der Waals surface area contributed by atoms with Gasteiger partial charge >= 0.3 is 5.97 Å². The van der Waals surface area contributed by atoms with Gasteiger partial charge in [0.25, 0.3) is 0 Å². The van der Waals surface area contributed by atoms with Gasteiger partial charge < -0.3 is 9.47 Å². The van der Waals surface area contributed by atoms with E-state index in [0.29, 0.717) is 31.0 Å². The summed E-state index contributed by atoms with van der Waals surface area (Å²) in [5.74, 6) is 1.76. The van der Waals surface area contributed by atoms with Gasteiger partial charge in [-0.15, -0.1) is 0 Å². The minimum atomic E-state index is -0.114. The molecule has 4 atom stereocenters. The van der Waals surface area contributed by atoms with Crippen LogP contribution in [0.15, 0.2) is 30.3 Å². The third-order valence-electron chi connectivity index (χ3n) is 4.92. The van der Waals surface area contributed by atoms with Crippen LogP contribution in [0.3, 0.4) is 0 Å². The minimum Gasteiger partial charge on any atom is -0.465 e. The molecule has 2 aliphatic rings. The van der Waals surface area contributed by atoms with Gasteiger partial charge in [0, 0.05) is 6.61 Å². The third-order valence-corrected chi connectivity index (χ3v) is 4.92. The highest BCUT2D eigenvalue weighted by atomic mass is 16.5. The van der Waals surface area contributed by atoms with E-state index in [2.05, 4.69) is 6.92 Å². The summed E-state index contributed by atoms with van der Waals surface area (Å²) in [6.45, 7) is 3.41. The van der Waals surface area contributed by atoms with Crippen LogP contribution in [0.4, 0.5) is 0 Å². The lowest BCUT2D eigenvalue weighted by molar-refractivity contribution is -0.145. The highest BCUT2D eigenvalue weighted by Gasteiger charge is 2.46. The zero-order valence-corrected chi connectivity index (χ0v) is 12.7. The normalized spacial score (nSPS) is 30.5. The van der Waals surface area contributed by atoms with E-state index in [1.165, 1.54) is 19.3 Å². The molecular weight excluding hydrogens is 264 g/mol. The van der Waals surface area contributed by atoms with Crippen molar-refractivity contribution in [2.45, 2.75) is 38.7 Å². The predicted octanol–water partition coefficient (Wildman–Crippen LogP) is 3.22. The fourth-order valence-electron chi connectivity index (χ4n) is 4.04. The van der Waals surface area contributed by atoms with Crippen molar-refractivity contribution in [3.8, 4) is 0 Å². The number of esters is 1. The quantitative estimate of drug-likeness (QED) is 0.754. The first-order chi connectivity index (χ1) is 10.3. The highest BCUT2D eigenvalue weighted by molar-refractivity contribution is 5.72. The molecule has 2 aliphatic carbocycles. The van der Waals surface area contributed by atoms with Gasteiger partial charge in [-0.05, 0) is 49.5 Å². The number of hydrogen-bond acceptors (Lipinski definition) is 3. The van der Waals surface area contributed by atoms with Crippen LogP contribution in [0.2, 0.25) is 0 Å². The Bertz CT molecular complexity index is 471. The van der Waals surface area contributed by atoms with Crippen molar-refractivity contribution in [1.29, 1.82) is 0 Å². The van der Waals surface area contributed by atoms with Crippen LogP contribution in [-0.2, 0) is 20.7 Å². The number of carbonyl (C=O) groups excluding carboxylic acids is 1. The van der Waals surface area contributed by atoms with Crippen LogP contribution in [0.1, 0.15) is 31.7 Å². The predicted molar refractivity (Wildman–Crippen MR) is 80.8 cm³/mol. The molecule has 1 aromatic rings. The van der Waals surface area contributed by atoms with Crippen molar-refractivity contribution in [3.05, 3.63) is 35.9 Å². The number of benzene rings is 1. The number of ether oxygens (including phenoxy) is 2. The molecule has 3 heteroatoms. The molecule has 0 aromatic heterocycles. The van der Waals surface area contributed by atoms with Gasteiger partial charge in [0.1, 0.15) is 0 Å². The molecule has 2 saturated carbocycles. The van der Waals surface area contributed by atoms with Crippen LogP contribution in [0.5, 0.6) is 0 Å². The Morgan fingerprint density at radius 3 is 2.71 bits per heavy atom. The minimum absolute atomic E-state index is 0.114. The summed E-state index contributed by atoms with van der Waals surface area (Å²) in [4.78, 5) is 11.9. The fourth-order valence-corrected chi connectivity index (χ4v) is 4.04. The molecular formula is C18H24O3. The van der Waals surface area contributed by atoms with Gasteiger partial charge in [-0.1, -0.05) is 30.3 Å². The van der Waals surface area contributed by atoms with Gasteiger partial charge in [0.15, 0.2) is 0 Å². The highest BCUT2D eigenvalue weighted by Crippen LogP contribution is 2.49. The maximum absolute atomic E-state index is 11.9. The first-order valence-electron chi connectivity index (χ1n) is 8.07. The molecule has 0 heterocycles. The van der Waals surface area contributed by atoms with E-state index in [1.54, 1.807) is 0 Å². The Labute approximate surface area is 126 Å². The van der Waals surface area contributed by atoms with E-state index in [4.69, 9.17) is 9.47 Å². The molecule has 3 rings (SSSR count).